The van der Waals surface area contributed by atoms with Crippen molar-refractivity contribution in [3.63, 3.8) is 0 Å². The smallest absolute Gasteiger partial charge is 0.226 e. The molecule has 1 aromatic carbocycles. The van der Waals surface area contributed by atoms with Crippen molar-refractivity contribution in [2.75, 3.05) is 18.8 Å². The Morgan fingerprint density at radius 3 is 2.29 bits per heavy atom. The van der Waals surface area contributed by atoms with E-state index in [9.17, 15) is 13.2 Å². The van der Waals surface area contributed by atoms with Crippen LogP contribution in [-0.4, -0.2) is 42.8 Å². The molecule has 4 nitrogen and oxygen atoms in total. The van der Waals surface area contributed by atoms with Gasteiger partial charge >= 0.3 is 0 Å². The normalized spacial score (nSPS) is 23.7. The van der Waals surface area contributed by atoms with Gasteiger partial charge in [-0.2, -0.15) is 0 Å². The molecule has 1 fully saturated rings. The maximum absolute atomic E-state index is 12.8. The van der Waals surface area contributed by atoms with E-state index in [0.717, 1.165) is 18.4 Å². The van der Waals surface area contributed by atoms with Crippen LogP contribution in [0.15, 0.2) is 18.2 Å². The number of likely N-dealkylation sites (tertiary alicyclic amines) is 1. The fraction of sp³-hybridized carbons (Fsp3) is 0.696. The third-order valence-corrected chi connectivity index (χ3v) is 9.41. The minimum absolute atomic E-state index is 0.163. The van der Waals surface area contributed by atoms with E-state index in [1.165, 1.54) is 17.5 Å². The molecule has 0 spiro atoms. The molecule has 5 heteroatoms. The van der Waals surface area contributed by atoms with E-state index in [1.54, 1.807) is 20.8 Å². The van der Waals surface area contributed by atoms with Gasteiger partial charge in [0.15, 0.2) is 9.84 Å². The largest absolute Gasteiger partial charge is 0.342 e. The first-order valence-electron chi connectivity index (χ1n) is 10.6. The first-order valence-corrected chi connectivity index (χ1v) is 12.3. The van der Waals surface area contributed by atoms with E-state index in [1.807, 2.05) is 4.90 Å². The maximum Gasteiger partial charge on any atom is 0.226 e. The molecule has 2 atom stereocenters. The highest BCUT2D eigenvalue weighted by Crippen LogP contribution is 2.41. The average Bonchev–Trinajstić information content (AvgIpc) is 2.88. The van der Waals surface area contributed by atoms with E-state index in [-0.39, 0.29) is 17.6 Å². The summed E-state index contributed by atoms with van der Waals surface area (Å²) in [6.45, 7) is 11.2. The van der Waals surface area contributed by atoms with Crippen molar-refractivity contribution >= 4 is 15.7 Å². The fourth-order valence-corrected chi connectivity index (χ4v) is 6.04. The summed E-state index contributed by atoms with van der Waals surface area (Å²) in [7, 11) is -3.10. The molecule has 1 aliphatic heterocycles. The van der Waals surface area contributed by atoms with Gasteiger partial charge in [0.25, 0.3) is 0 Å². The lowest BCUT2D eigenvalue weighted by Crippen LogP contribution is -2.42. The summed E-state index contributed by atoms with van der Waals surface area (Å²) in [5.41, 5.74) is 3.94. The van der Waals surface area contributed by atoms with Crippen LogP contribution in [0.3, 0.4) is 0 Å². The van der Waals surface area contributed by atoms with Gasteiger partial charge in [0.05, 0.1) is 16.9 Å². The number of carbonyl (C=O) groups is 1. The second kappa shape index (κ2) is 7.81. The van der Waals surface area contributed by atoms with E-state index in [0.29, 0.717) is 31.3 Å². The van der Waals surface area contributed by atoms with Gasteiger partial charge in [-0.05, 0) is 74.5 Å². The summed E-state index contributed by atoms with van der Waals surface area (Å²) in [4.78, 5) is 14.7. The molecule has 0 radical (unpaired) electrons. The number of nitrogens with zero attached hydrogens (tertiary/aromatic N) is 1. The van der Waals surface area contributed by atoms with Gasteiger partial charge in [-0.15, -0.1) is 0 Å². The van der Waals surface area contributed by atoms with Gasteiger partial charge in [-0.1, -0.05) is 32.0 Å². The van der Waals surface area contributed by atoms with Crippen LogP contribution >= 0.6 is 0 Å². The van der Waals surface area contributed by atoms with Crippen LogP contribution in [0.2, 0.25) is 0 Å². The van der Waals surface area contributed by atoms with Gasteiger partial charge in [0, 0.05) is 13.1 Å². The van der Waals surface area contributed by atoms with Crippen molar-refractivity contribution in [1.82, 2.24) is 4.90 Å². The predicted molar refractivity (Wildman–Crippen MR) is 114 cm³/mol. The van der Waals surface area contributed by atoms with Crippen molar-refractivity contribution in [2.24, 2.45) is 5.92 Å². The summed E-state index contributed by atoms with van der Waals surface area (Å²) in [6, 6.07) is 6.54. The van der Waals surface area contributed by atoms with Crippen LogP contribution in [-0.2, 0) is 21.1 Å². The number of hydrogen-bond donors (Lipinski definition) is 0. The fourth-order valence-electron chi connectivity index (χ4n) is 4.59. The molecular formula is C23H35NO3S. The lowest BCUT2D eigenvalue weighted by atomic mass is 9.96. The molecule has 0 bridgehead atoms. The first kappa shape index (κ1) is 21.4. The van der Waals surface area contributed by atoms with Crippen LogP contribution < -0.4 is 0 Å². The van der Waals surface area contributed by atoms with Crippen molar-refractivity contribution in [1.29, 1.82) is 0 Å². The zero-order valence-corrected chi connectivity index (χ0v) is 18.8. The Hall–Kier alpha value is -1.36. The third-order valence-electron chi connectivity index (χ3n) is 6.63. The van der Waals surface area contributed by atoms with Gasteiger partial charge in [-0.3, -0.25) is 4.79 Å². The molecule has 2 unspecified atom stereocenters. The Morgan fingerprint density at radius 1 is 1.07 bits per heavy atom. The number of hydrogen-bond acceptors (Lipinski definition) is 3. The van der Waals surface area contributed by atoms with E-state index in [2.05, 4.69) is 32.0 Å². The van der Waals surface area contributed by atoms with Crippen molar-refractivity contribution in [3.8, 4) is 0 Å². The molecule has 2 aliphatic rings. The lowest BCUT2D eigenvalue weighted by molar-refractivity contribution is -0.131. The number of benzene rings is 1. The average molecular weight is 406 g/mol. The maximum atomic E-state index is 12.8. The highest BCUT2D eigenvalue weighted by molar-refractivity contribution is 7.92. The Bertz CT molecular complexity index is 830. The minimum atomic E-state index is -3.10. The molecule has 0 saturated carbocycles. The Kier molecular flexibility index (Phi) is 5.96. The molecule has 0 aromatic heterocycles. The lowest BCUT2D eigenvalue weighted by Gasteiger charge is -2.33. The zero-order chi connectivity index (χ0) is 20.7. The summed E-state index contributed by atoms with van der Waals surface area (Å²) in [5.74, 6) is 1.74. The van der Waals surface area contributed by atoms with Crippen molar-refractivity contribution < 1.29 is 13.2 Å². The molecule has 1 aromatic rings. The standard InChI is InChI=1S/C23H35NO3S/c1-16-12-17(2)21-13-19(6-7-20(16)21)14-22(25)24-10-8-18(9-11-24)15-28(26,27)23(3,4)5/h6-7,13,16-18H,8-12,14-15H2,1-5H3. The molecule has 1 amide bonds. The summed E-state index contributed by atoms with van der Waals surface area (Å²) in [5, 5.41) is 0. The molecule has 0 N–H and O–H groups in total. The SMILES string of the molecule is CC1CC(C)c2cc(CC(=O)N3CCC(CS(=O)(=O)C(C)(C)C)CC3)ccc21. The highest BCUT2D eigenvalue weighted by Gasteiger charge is 2.33. The van der Waals surface area contributed by atoms with E-state index < -0.39 is 14.6 Å². The van der Waals surface area contributed by atoms with Crippen molar-refractivity contribution in [2.45, 2.75) is 76.9 Å². The summed E-state index contributed by atoms with van der Waals surface area (Å²) in [6.07, 6.45) is 3.19. The Labute approximate surface area is 170 Å². The highest BCUT2D eigenvalue weighted by atomic mass is 32.2. The monoisotopic (exact) mass is 405 g/mol. The topological polar surface area (TPSA) is 54.5 Å². The molecule has 28 heavy (non-hydrogen) atoms. The van der Waals surface area contributed by atoms with Gasteiger partial charge < -0.3 is 4.90 Å². The molecule has 1 aliphatic carbocycles. The van der Waals surface area contributed by atoms with Gasteiger partial charge in [0.1, 0.15) is 0 Å². The number of carbonyl (C=O) groups excluding carboxylic acids is 1. The third kappa shape index (κ3) is 4.45. The molecular weight excluding hydrogens is 370 g/mol. The summed E-state index contributed by atoms with van der Waals surface area (Å²) < 4.78 is 24.2. The quantitative estimate of drug-likeness (QED) is 0.751. The van der Waals surface area contributed by atoms with Gasteiger partial charge in [0.2, 0.25) is 5.91 Å². The van der Waals surface area contributed by atoms with Gasteiger partial charge in [-0.25, -0.2) is 8.42 Å². The molecule has 156 valence electrons. The molecule has 1 saturated heterocycles. The Balaban J connectivity index is 1.56. The van der Waals surface area contributed by atoms with Crippen LogP contribution in [0.25, 0.3) is 0 Å². The molecule has 3 rings (SSSR count). The van der Waals surface area contributed by atoms with E-state index in [4.69, 9.17) is 0 Å². The number of sulfone groups is 1. The minimum Gasteiger partial charge on any atom is -0.342 e. The predicted octanol–water partition coefficient (Wildman–Crippen LogP) is 4.29. The zero-order valence-electron chi connectivity index (χ0n) is 18.0. The number of rotatable bonds is 4. The van der Waals surface area contributed by atoms with Crippen LogP contribution in [0, 0.1) is 5.92 Å². The van der Waals surface area contributed by atoms with Crippen molar-refractivity contribution in [3.05, 3.63) is 34.9 Å². The Morgan fingerprint density at radius 2 is 1.68 bits per heavy atom. The molecule has 1 heterocycles. The number of piperidine rings is 1. The second-order valence-electron chi connectivity index (χ2n) is 9.90. The van der Waals surface area contributed by atoms with Crippen LogP contribution in [0.5, 0.6) is 0 Å². The van der Waals surface area contributed by atoms with Crippen LogP contribution in [0.4, 0.5) is 0 Å². The summed E-state index contributed by atoms with van der Waals surface area (Å²) >= 11 is 0. The number of amides is 1. The van der Waals surface area contributed by atoms with E-state index >= 15 is 0 Å². The second-order valence-corrected chi connectivity index (χ2v) is 12.7. The van der Waals surface area contributed by atoms with Crippen LogP contribution in [0.1, 0.15) is 82.4 Å². The number of fused-ring (bicyclic) bond motifs is 1. The first-order chi connectivity index (χ1) is 13.0.